The Labute approximate surface area is 77.6 Å². The largest absolute Gasteiger partial charge is 0.285 e. The molecule has 13 heavy (non-hydrogen) atoms. The second-order valence-corrected chi connectivity index (χ2v) is 4.42. The molecule has 1 aromatic heterocycles. The Bertz CT molecular complexity index is 360. The lowest BCUT2D eigenvalue weighted by Gasteiger charge is -2.03. The van der Waals surface area contributed by atoms with Crippen LogP contribution >= 0.6 is 0 Å². The second-order valence-electron chi connectivity index (χ2n) is 2.92. The van der Waals surface area contributed by atoms with Crippen LogP contribution in [-0.2, 0) is 10.1 Å². The molecule has 1 heterocycles. The van der Waals surface area contributed by atoms with E-state index in [2.05, 4.69) is 0 Å². The number of hydrogen-bond donors (Lipinski definition) is 1. The van der Waals surface area contributed by atoms with Crippen LogP contribution in [0.25, 0.3) is 0 Å². The summed E-state index contributed by atoms with van der Waals surface area (Å²) in [6.45, 7) is 1.73. The first-order chi connectivity index (χ1) is 5.99. The van der Waals surface area contributed by atoms with Gasteiger partial charge >= 0.3 is 0 Å². The van der Waals surface area contributed by atoms with Crippen LogP contribution in [0.5, 0.6) is 0 Å². The van der Waals surface area contributed by atoms with Gasteiger partial charge in [-0.25, -0.2) is 4.57 Å². The molecule has 1 unspecified atom stereocenters. The molecule has 0 aromatic carbocycles. The highest BCUT2D eigenvalue weighted by Gasteiger charge is 2.18. The van der Waals surface area contributed by atoms with Crippen LogP contribution in [0.3, 0.4) is 0 Å². The van der Waals surface area contributed by atoms with Crippen LogP contribution in [0, 0.1) is 0 Å². The van der Waals surface area contributed by atoms with Crippen LogP contribution in [0.15, 0.2) is 30.6 Å². The first-order valence-electron chi connectivity index (χ1n) is 3.90. The highest BCUT2D eigenvalue weighted by Crippen LogP contribution is 1.98. The van der Waals surface area contributed by atoms with Crippen LogP contribution in [0.4, 0.5) is 0 Å². The second kappa shape index (κ2) is 3.85. The molecule has 0 fully saturated rings. The van der Waals surface area contributed by atoms with Gasteiger partial charge in [0.15, 0.2) is 18.4 Å². The molecule has 0 spiro atoms. The van der Waals surface area contributed by atoms with E-state index in [1.807, 2.05) is 6.07 Å². The molecule has 0 aliphatic carbocycles. The molecule has 5 heteroatoms. The van der Waals surface area contributed by atoms with Gasteiger partial charge < -0.3 is 0 Å². The molecule has 0 amide bonds. The lowest BCUT2D eigenvalue weighted by atomic mass is 10.3. The zero-order valence-electron chi connectivity index (χ0n) is 7.29. The van der Waals surface area contributed by atoms with Crippen molar-refractivity contribution < 1.29 is 17.5 Å². The summed E-state index contributed by atoms with van der Waals surface area (Å²) in [5.74, 6) is -0.262. The predicted molar refractivity (Wildman–Crippen MR) is 47.8 cm³/mol. The maximum absolute atomic E-state index is 10.6. The van der Waals surface area contributed by atoms with Gasteiger partial charge in [-0.15, -0.1) is 0 Å². The van der Waals surface area contributed by atoms with E-state index >= 15 is 0 Å². The first kappa shape index (κ1) is 10.1. The number of aromatic nitrogens is 1. The maximum Gasteiger partial charge on any atom is 0.271 e. The summed E-state index contributed by atoms with van der Waals surface area (Å²) < 4.78 is 31.5. The van der Waals surface area contributed by atoms with E-state index < -0.39 is 10.1 Å². The lowest BCUT2D eigenvalue weighted by molar-refractivity contribution is -0.715. The Morgan fingerprint density at radius 1 is 1.31 bits per heavy atom. The molecule has 72 valence electrons. The summed E-state index contributed by atoms with van der Waals surface area (Å²) in [6.07, 6.45) is 3.52. The van der Waals surface area contributed by atoms with E-state index in [0.29, 0.717) is 0 Å². The SMILES string of the molecule is CC(CS(=O)(=O)O)[n+]1ccccc1. The standard InChI is InChI=1S/C8H11NO3S/c1-8(7-13(10,11)12)9-5-3-2-4-6-9/h2-6,8H,7H2,1H3/p+1. The van der Waals surface area contributed by atoms with Crippen LogP contribution in [0.2, 0.25) is 0 Å². The highest BCUT2D eigenvalue weighted by atomic mass is 32.2. The van der Waals surface area contributed by atoms with Crippen molar-refractivity contribution in [2.75, 3.05) is 5.75 Å². The molecular weight excluding hydrogens is 190 g/mol. The van der Waals surface area contributed by atoms with E-state index in [1.165, 1.54) is 0 Å². The Balaban J connectivity index is 2.76. The third-order valence-corrected chi connectivity index (χ3v) is 2.60. The van der Waals surface area contributed by atoms with Gasteiger partial charge in [-0.05, 0) is 6.92 Å². The molecule has 4 nitrogen and oxygen atoms in total. The van der Waals surface area contributed by atoms with E-state index in [1.54, 1.807) is 36.0 Å². The quantitative estimate of drug-likeness (QED) is 0.571. The summed E-state index contributed by atoms with van der Waals surface area (Å²) in [5.41, 5.74) is 0. The third kappa shape index (κ3) is 3.52. The van der Waals surface area contributed by atoms with Crippen molar-refractivity contribution in [3.05, 3.63) is 30.6 Å². The molecule has 1 atom stereocenters. The van der Waals surface area contributed by atoms with Crippen molar-refractivity contribution in [1.29, 1.82) is 0 Å². The Hall–Kier alpha value is -0.940. The molecular formula is C8H12NO3S+. The van der Waals surface area contributed by atoms with Crippen LogP contribution in [-0.4, -0.2) is 18.7 Å². The fraction of sp³-hybridized carbons (Fsp3) is 0.375. The van der Waals surface area contributed by atoms with Gasteiger partial charge in [-0.1, -0.05) is 6.07 Å². The summed E-state index contributed by atoms with van der Waals surface area (Å²) in [5, 5.41) is 0. The fourth-order valence-corrected chi connectivity index (χ4v) is 1.88. The van der Waals surface area contributed by atoms with Gasteiger partial charge in [0.1, 0.15) is 5.75 Å². The smallest absolute Gasteiger partial charge is 0.271 e. The average Bonchev–Trinajstić information content (AvgIpc) is 2.03. The van der Waals surface area contributed by atoms with E-state index in [-0.39, 0.29) is 11.8 Å². The maximum atomic E-state index is 10.6. The Morgan fingerprint density at radius 3 is 2.31 bits per heavy atom. The van der Waals surface area contributed by atoms with Gasteiger partial charge in [0.25, 0.3) is 10.1 Å². The summed E-state index contributed by atoms with van der Waals surface area (Å²) in [7, 11) is -3.89. The molecule has 0 aliphatic heterocycles. The molecule has 0 aliphatic rings. The highest BCUT2D eigenvalue weighted by molar-refractivity contribution is 7.85. The van der Waals surface area contributed by atoms with Crippen molar-refractivity contribution in [2.24, 2.45) is 0 Å². The summed E-state index contributed by atoms with van der Waals surface area (Å²) >= 11 is 0. The zero-order chi connectivity index (χ0) is 9.90. The van der Waals surface area contributed by atoms with Gasteiger partial charge in [-0.3, -0.25) is 4.55 Å². The van der Waals surface area contributed by atoms with Gasteiger partial charge in [0.2, 0.25) is 0 Å². The lowest BCUT2D eigenvalue weighted by Crippen LogP contribution is -2.40. The van der Waals surface area contributed by atoms with Gasteiger partial charge in [0.05, 0.1) is 0 Å². The molecule has 1 rings (SSSR count). The molecule has 0 radical (unpaired) electrons. The monoisotopic (exact) mass is 202 g/mol. The summed E-state index contributed by atoms with van der Waals surface area (Å²) in [6, 6.07) is 5.20. The zero-order valence-corrected chi connectivity index (χ0v) is 8.11. The van der Waals surface area contributed by atoms with Crippen LogP contribution < -0.4 is 4.57 Å². The first-order valence-corrected chi connectivity index (χ1v) is 5.51. The average molecular weight is 202 g/mol. The minimum absolute atomic E-state index is 0.254. The van der Waals surface area contributed by atoms with Gasteiger partial charge in [-0.2, -0.15) is 8.42 Å². The molecule has 0 saturated carbocycles. The third-order valence-electron chi connectivity index (χ3n) is 1.70. The minimum atomic E-state index is -3.89. The number of rotatable bonds is 3. The topological polar surface area (TPSA) is 58.3 Å². The summed E-state index contributed by atoms with van der Waals surface area (Å²) in [4.78, 5) is 0. The van der Waals surface area contributed by atoms with Crippen molar-refractivity contribution in [2.45, 2.75) is 13.0 Å². The van der Waals surface area contributed by atoms with Crippen molar-refractivity contribution in [1.82, 2.24) is 0 Å². The fourth-order valence-electron chi connectivity index (χ4n) is 1.10. The van der Waals surface area contributed by atoms with E-state index in [9.17, 15) is 8.42 Å². The molecule has 1 N–H and O–H groups in total. The predicted octanol–water partition coefficient (Wildman–Crippen LogP) is 0.423. The number of pyridine rings is 1. The van der Waals surface area contributed by atoms with Crippen LogP contribution in [0.1, 0.15) is 13.0 Å². The van der Waals surface area contributed by atoms with E-state index in [0.717, 1.165) is 0 Å². The van der Waals surface area contributed by atoms with Gasteiger partial charge in [0, 0.05) is 12.1 Å². The normalized spacial score (nSPS) is 14.0. The number of hydrogen-bond acceptors (Lipinski definition) is 2. The Morgan fingerprint density at radius 2 is 1.85 bits per heavy atom. The molecule has 0 bridgehead atoms. The van der Waals surface area contributed by atoms with E-state index in [4.69, 9.17) is 4.55 Å². The Kier molecular flexibility index (Phi) is 3.00. The van der Waals surface area contributed by atoms with Crippen molar-refractivity contribution >= 4 is 10.1 Å². The van der Waals surface area contributed by atoms with Crippen molar-refractivity contribution in [3.63, 3.8) is 0 Å². The minimum Gasteiger partial charge on any atom is -0.285 e. The van der Waals surface area contributed by atoms with Crippen molar-refractivity contribution in [3.8, 4) is 0 Å². The molecule has 0 saturated heterocycles. The number of nitrogens with zero attached hydrogens (tertiary/aromatic N) is 1. The molecule has 1 aromatic rings.